The van der Waals surface area contributed by atoms with Crippen LogP contribution in [0.15, 0.2) is 83.1 Å². The lowest BCUT2D eigenvalue weighted by Crippen LogP contribution is -2.24. The smallest absolute Gasteiger partial charge is 0.298 e. The topological polar surface area (TPSA) is 212 Å². The molecule has 0 saturated carbocycles. The van der Waals surface area contributed by atoms with Crippen molar-refractivity contribution in [1.82, 2.24) is 34.7 Å². The van der Waals surface area contributed by atoms with Crippen LogP contribution in [0.3, 0.4) is 0 Å². The van der Waals surface area contributed by atoms with Gasteiger partial charge in [0.05, 0.1) is 0 Å². The Balaban J connectivity index is 0.000000156. The van der Waals surface area contributed by atoms with Crippen LogP contribution in [0.4, 0.5) is 23.3 Å². The van der Waals surface area contributed by atoms with Crippen molar-refractivity contribution >= 4 is 61.1 Å². The van der Waals surface area contributed by atoms with Gasteiger partial charge in [0.25, 0.3) is 29.4 Å². The first-order valence-corrected chi connectivity index (χ1v) is 30.7. The minimum Gasteiger partial charge on any atom is -0.359 e. The summed E-state index contributed by atoms with van der Waals surface area (Å²) in [5, 5.41) is 17.0. The number of hydrogen-bond acceptors (Lipinski definition) is 12. The number of fused-ring (bicyclic) bond motifs is 4. The molecule has 4 aliphatic carbocycles. The van der Waals surface area contributed by atoms with Crippen LogP contribution in [0, 0.1) is 0 Å². The molecule has 0 spiro atoms. The average Bonchev–Trinajstić information content (AvgIpc) is 4.17. The maximum atomic E-state index is 12.6. The van der Waals surface area contributed by atoms with Gasteiger partial charge in [0.1, 0.15) is 6.73 Å². The van der Waals surface area contributed by atoms with Gasteiger partial charge < -0.3 is 21.1 Å². The normalized spacial score (nSPS) is 14.9. The Morgan fingerprint density at radius 1 is 0.716 bits per heavy atom. The third-order valence-electron chi connectivity index (χ3n) is 12.6. The second-order valence-electron chi connectivity index (χ2n) is 18.7. The number of ether oxygens (including phenoxy) is 1. The van der Waals surface area contributed by atoms with Crippen molar-refractivity contribution in [1.29, 1.82) is 0 Å². The van der Waals surface area contributed by atoms with Crippen LogP contribution in [-0.2, 0) is 95.0 Å². The third kappa shape index (κ3) is 12.2. The SMILES string of the molecule is C[Si](C)(C)CCOCn1nc(S(=O)(=O)Cl)nc1Nc1c2c(cc3c1CCC3)CCC2.NCc1ccccc1.O=S(=O)(NCc1ccccc1)c1nc(Nc2c3c(cc4c2CCC4)CCC3)n[nH]1. The van der Waals surface area contributed by atoms with Crippen LogP contribution in [0.5, 0.6) is 0 Å². The molecule has 0 aliphatic heterocycles. The Morgan fingerprint density at radius 3 is 1.70 bits per heavy atom. The molecule has 2 heterocycles. The summed E-state index contributed by atoms with van der Waals surface area (Å²) >= 11 is 0. The molecule has 15 nitrogen and oxygen atoms in total. The van der Waals surface area contributed by atoms with Crippen molar-refractivity contribution < 1.29 is 21.6 Å². The third-order valence-corrected chi connectivity index (χ3v) is 16.6. The number of anilines is 4. The van der Waals surface area contributed by atoms with Crippen molar-refractivity contribution in [2.24, 2.45) is 5.73 Å². The van der Waals surface area contributed by atoms with Crippen LogP contribution >= 0.6 is 10.7 Å². The summed E-state index contributed by atoms with van der Waals surface area (Å²) in [5.74, 6) is 0.649. The number of aromatic amines is 1. The maximum Gasteiger partial charge on any atom is 0.298 e. The summed E-state index contributed by atoms with van der Waals surface area (Å²) in [7, 11) is -3.50. The molecule has 4 aromatic carbocycles. The summed E-state index contributed by atoms with van der Waals surface area (Å²) in [4.78, 5) is 8.42. The Bertz CT molecular complexity index is 2840. The highest BCUT2D eigenvalue weighted by atomic mass is 35.7. The summed E-state index contributed by atoms with van der Waals surface area (Å²) in [5.41, 5.74) is 20.5. The molecule has 0 atom stereocenters. The van der Waals surface area contributed by atoms with E-state index in [1.165, 1.54) is 54.8 Å². The number of nitrogens with one attached hydrogen (secondary N) is 4. The first kappa shape index (κ1) is 48.5. The number of halogens is 1. The fraction of sp³-hybridized carbons (Fsp3) is 0.417. The summed E-state index contributed by atoms with van der Waals surface area (Å²) < 4.78 is 58.7. The first-order chi connectivity index (χ1) is 32.1. The fourth-order valence-corrected chi connectivity index (χ4v) is 11.4. The molecule has 10 rings (SSSR count). The van der Waals surface area contributed by atoms with Gasteiger partial charge in [-0.1, -0.05) is 92.4 Å². The molecule has 356 valence electrons. The van der Waals surface area contributed by atoms with Gasteiger partial charge in [-0.3, -0.25) is 0 Å². The number of rotatable bonds is 15. The Labute approximate surface area is 399 Å². The quantitative estimate of drug-likeness (QED) is 0.0373. The minimum atomic E-state index is -4.03. The van der Waals surface area contributed by atoms with Gasteiger partial charge in [-0.2, -0.15) is 9.97 Å². The molecular formula is C48H61ClN10O5S2Si. The lowest BCUT2D eigenvalue weighted by Gasteiger charge is -2.18. The summed E-state index contributed by atoms with van der Waals surface area (Å²) in [6.45, 7) is 8.43. The molecule has 0 saturated heterocycles. The van der Waals surface area contributed by atoms with Crippen molar-refractivity contribution in [3.05, 3.63) is 128 Å². The van der Waals surface area contributed by atoms with E-state index in [1.807, 2.05) is 60.7 Å². The molecular weight excluding hydrogens is 924 g/mol. The van der Waals surface area contributed by atoms with E-state index in [0.29, 0.717) is 25.0 Å². The fourth-order valence-electron chi connectivity index (χ4n) is 9.17. The van der Waals surface area contributed by atoms with E-state index in [9.17, 15) is 16.8 Å². The summed E-state index contributed by atoms with van der Waals surface area (Å²) in [6, 6.07) is 25.1. The van der Waals surface area contributed by atoms with Gasteiger partial charge in [0.2, 0.25) is 11.9 Å². The summed E-state index contributed by atoms with van der Waals surface area (Å²) in [6.07, 6.45) is 13.1. The van der Waals surface area contributed by atoms with Gasteiger partial charge in [-0.25, -0.2) is 31.3 Å². The molecule has 0 bridgehead atoms. The molecule has 0 radical (unpaired) electrons. The van der Waals surface area contributed by atoms with Crippen LogP contribution in [0.2, 0.25) is 25.7 Å². The van der Waals surface area contributed by atoms with Crippen molar-refractivity contribution in [2.75, 3.05) is 17.2 Å². The Hall–Kier alpha value is -4.95. The van der Waals surface area contributed by atoms with E-state index in [1.54, 1.807) is 0 Å². The predicted octanol–water partition coefficient (Wildman–Crippen LogP) is 8.39. The van der Waals surface area contributed by atoms with Crippen LogP contribution in [-0.4, -0.2) is 61.5 Å². The van der Waals surface area contributed by atoms with Crippen LogP contribution < -0.4 is 21.1 Å². The van der Waals surface area contributed by atoms with E-state index in [-0.39, 0.29) is 18.4 Å². The molecule has 19 heteroatoms. The number of benzene rings is 4. The molecule has 2 aromatic heterocycles. The Morgan fingerprint density at radius 2 is 1.22 bits per heavy atom. The van der Waals surface area contributed by atoms with Crippen LogP contribution in [0.25, 0.3) is 0 Å². The van der Waals surface area contributed by atoms with Gasteiger partial charge in [0, 0.05) is 49.8 Å². The van der Waals surface area contributed by atoms with Crippen molar-refractivity contribution in [3.63, 3.8) is 0 Å². The van der Waals surface area contributed by atoms with Gasteiger partial charge >= 0.3 is 0 Å². The van der Waals surface area contributed by atoms with Crippen molar-refractivity contribution in [3.8, 4) is 0 Å². The van der Waals surface area contributed by atoms with E-state index >= 15 is 0 Å². The molecule has 67 heavy (non-hydrogen) atoms. The number of hydrogen-bond donors (Lipinski definition) is 5. The van der Waals surface area contributed by atoms with Crippen LogP contribution in [0.1, 0.15) is 81.3 Å². The van der Waals surface area contributed by atoms with E-state index in [0.717, 1.165) is 100 Å². The number of nitrogens with zero attached hydrogens (tertiary/aromatic N) is 5. The molecule has 0 amide bonds. The highest BCUT2D eigenvalue weighted by Gasteiger charge is 2.28. The molecule has 0 fully saturated rings. The highest BCUT2D eigenvalue weighted by Crippen LogP contribution is 2.41. The largest absolute Gasteiger partial charge is 0.359 e. The number of aromatic nitrogens is 6. The minimum absolute atomic E-state index is 0.128. The van der Waals surface area contributed by atoms with Crippen molar-refractivity contribution in [2.45, 2.75) is 133 Å². The van der Waals surface area contributed by atoms with Gasteiger partial charge in [0.15, 0.2) is 0 Å². The average molecular weight is 986 g/mol. The predicted molar refractivity (Wildman–Crippen MR) is 266 cm³/mol. The monoisotopic (exact) mass is 984 g/mol. The van der Waals surface area contributed by atoms with E-state index in [2.05, 4.69) is 72.4 Å². The molecule has 6 N–H and O–H groups in total. The number of H-pyrrole nitrogens is 1. The number of nitrogens with two attached hydrogens (primary N) is 1. The molecule has 6 aromatic rings. The Kier molecular flexibility index (Phi) is 15.3. The second kappa shape index (κ2) is 21.1. The van der Waals surface area contributed by atoms with E-state index in [4.69, 9.17) is 21.2 Å². The first-order valence-electron chi connectivity index (χ1n) is 23.2. The van der Waals surface area contributed by atoms with Gasteiger partial charge in [-0.05, 0) is 139 Å². The molecule has 0 unspecified atom stereocenters. The number of aryl methyl sites for hydroxylation is 4. The lowest BCUT2D eigenvalue weighted by atomic mass is 9.99. The van der Waals surface area contributed by atoms with E-state index < -0.39 is 32.3 Å². The number of sulfonamides is 1. The lowest BCUT2D eigenvalue weighted by molar-refractivity contribution is 0.0792. The standard InChI is InChI=1S/C21H23N5O2S.C20H29ClN4O3SSi.C7H9N/c27-29(28,22-13-14-6-2-1-3-7-14)21-24-20(25-26-21)23-19-17-10-4-8-15(17)12-16-9-5-11-18(16)19;1-30(2,3)11-10-28-13-25-19(23-20(24-25)29(21,26)27)22-18-16-8-4-6-14(16)12-15-7-5-9-17(15)18;8-6-7-4-2-1-3-5-7/h1-3,6-7,12,22H,4-5,8-11,13H2,(H2,23,24,25,26);12H,4-11,13H2,1-3H3,(H,22,23,24);1-5H,6,8H2. The zero-order valence-electron chi connectivity index (χ0n) is 38.5. The highest BCUT2D eigenvalue weighted by molar-refractivity contribution is 8.13. The second-order valence-corrected chi connectivity index (χ2v) is 28.4. The van der Waals surface area contributed by atoms with Gasteiger partial charge in [-0.15, -0.1) is 10.2 Å². The zero-order chi connectivity index (χ0) is 47.2. The zero-order valence-corrected chi connectivity index (χ0v) is 41.9. The molecule has 4 aliphatic rings. The maximum absolute atomic E-state index is 12.6.